The topological polar surface area (TPSA) is 231 Å². The molecule has 2 aliphatic heterocycles. The highest BCUT2D eigenvalue weighted by molar-refractivity contribution is 5.70. The Hall–Kier alpha value is -1.50. The molecule has 2 saturated heterocycles. The van der Waals surface area contributed by atoms with Crippen LogP contribution in [-0.4, -0.2) is 142 Å². The summed E-state index contributed by atoms with van der Waals surface area (Å²) in [7, 11) is 0. The van der Waals surface area contributed by atoms with E-state index in [0.29, 0.717) is 12.8 Å². The smallest absolute Gasteiger partial charge is 0.306 e. The van der Waals surface area contributed by atoms with Crippen LogP contribution in [0, 0.1) is 0 Å². The van der Waals surface area contributed by atoms with E-state index < -0.39 is 92.7 Å². The van der Waals surface area contributed by atoms with Crippen LogP contribution in [0.4, 0.5) is 0 Å². The van der Waals surface area contributed by atoms with Gasteiger partial charge in [0.15, 0.2) is 18.7 Å². The lowest BCUT2D eigenvalue weighted by molar-refractivity contribution is -0.332. The molecule has 15 nitrogen and oxygen atoms in total. The second-order valence-corrected chi connectivity index (χ2v) is 17.7. The summed E-state index contributed by atoms with van der Waals surface area (Å²) in [6.07, 6.45) is 14.2. The largest absolute Gasteiger partial charge is 0.462 e. The first-order valence-electron chi connectivity index (χ1n) is 24.6. The molecule has 15 heteroatoms. The molecule has 2 heterocycles. The van der Waals surface area contributed by atoms with Gasteiger partial charge in [-0.2, -0.15) is 0 Å². The van der Waals surface area contributed by atoms with Crippen molar-refractivity contribution in [1.82, 2.24) is 0 Å². The Labute approximate surface area is 372 Å². The number of rotatable bonds is 38. The molecule has 0 spiro atoms. The number of hydrogen-bond acceptors (Lipinski definition) is 15. The zero-order chi connectivity index (χ0) is 45.4. The summed E-state index contributed by atoms with van der Waals surface area (Å²) in [5.74, 6) is -0.913. The summed E-state index contributed by atoms with van der Waals surface area (Å²) >= 11 is 0. The zero-order valence-corrected chi connectivity index (χ0v) is 38.4. The van der Waals surface area contributed by atoms with Gasteiger partial charge in [0.2, 0.25) is 0 Å². The molecule has 0 radical (unpaired) electrons. The number of unbranched alkanes of at least 4 members (excludes halogenated alkanes) is 24. The van der Waals surface area contributed by atoms with Crippen molar-refractivity contribution in [2.24, 2.45) is 0 Å². The van der Waals surface area contributed by atoms with E-state index >= 15 is 0 Å². The number of esters is 2. The van der Waals surface area contributed by atoms with E-state index in [1.54, 1.807) is 0 Å². The molecule has 2 aliphatic rings. The van der Waals surface area contributed by atoms with Crippen LogP contribution < -0.4 is 0 Å². The van der Waals surface area contributed by atoms with Crippen LogP contribution in [-0.2, 0) is 38.0 Å². The van der Waals surface area contributed by atoms with Crippen LogP contribution in [0.1, 0.15) is 194 Å². The summed E-state index contributed by atoms with van der Waals surface area (Å²) in [5, 5.41) is 71.9. The molecule has 0 aromatic heterocycles. The maximum Gasteiger partial charge on any atom is 0.306 e. The maximum absolute atomic E-state index is 13.0. The van der Waals surface area contributed by atoms with Gasteiger partial charge < -0.3 is 64.2 Å². The molecule has 366 valence electrons. The molecule has 0 aromatic rings. The normalized spacial score (nSPS) is 27.0. The van der Waals surface area contributed by atoms with Crippen molar-refractivity contribution in [3.05, 3.63) is 0 Å². The molecule has 2 fully saturated rings. The molecule has 2 rings (SSSR count). The molecule has 0 saturated carbocycles. The Balaban J connectivity index is 1.83. The number of ether oxygens (including phenoxy) is 6. The third kappa shape index (κ3) is 24.1. The van der Waals surface area contributed by atoms with Crippen molar-refractivity contribution in [2.45, 2.75) is 261 Å². The van der Waals surface area contributed by atoms with Gasteiger partial charge in [0.1, 0.15) is 55.4 Å². The van der Waals surface area contributed by atoms with E-state index in [9.17, 15) is 45.3 Å². The van der Waals surface area contributed by atoms with Gasteiger partial charge >= 0.3 is 11.9 Å². The summed E-state index contributed by atoms with van der Waals surface area (Å²) < 4.78 is 33.5. The Morgan fingerprint density at radius 2 is 0.823 bits per heavy atom. The predicted molar refractivity (Wildman–Crippen MR) is 234 cm³/mol. The van der Waals surface area contributed by atoms with Gasteiger partial charge in [-0.3, -0.25) is 9.59 Å². The van der Waals surface area contributed by atoms with E-state index in [2.05, 4.69) is 13.8 Å². The number of hydrogen-bond donors (Lipinski definition) is 7. The molecule has 0 aromatic carbocycles. The molecule has 0 amide bonds. The summed E-state index contributed by atoms with van der Waals surface area (Å²) in [6, 6.07) is 0. The van der Waals surface area contributed by atoms with Gasteiger partial charge in [0.05, 0.1) is 19.8 Å². The lowest BCUT2D eigenvalue weighted by Crippen LogP contribution is -2.61. The molecule has 62 heavy (non-hydrogen) atoms. The van der Waals surface area contributed by atoms with Gasteiger partial charge in [-0.15, -0.1) is 0 Å². The quantitative estimate of drug-likeness (QED) is 0.0277. The lowest BCUT2D eigenvalue weighted by Gasteiger charge is -2.42. The van der Waals surface area contributed by atoms with Crippen LogP contribution in [0.15, 0.2) is 0 Å². The van der Waals surface area contributed by atoms with Crippen molar-refractivity contribution in [3.63, 3.8) is 0 Å². The summed E-state index contributed by atoms with van der Waals surface area (Å²) in [5.41, 5.74) is 0. The minimum absolute atomic E-state index is 0.173. The van der Waals surface area contributed by atoms with E-state index in [1.807, 2.05) is 0 Å². The highest BCUT2D eigenvalue weighted by Crippen LogP contribution is 2.26. The molecule has 11 atom stereocenters. The Bertz CT molecular complexity index is 1100. The summed E-state index contributed by atoms with van der Waals surface area (Å²) in [4.78, 5) is 25.7. The number of carbonyl (C=O) groups excluding carboxylic acids is 2. The van der Waals surface area contributed by atoms with Crippen LogP contribution >= 0.6 is 0 Å². The molecule has 0 bridgehead atoms. The minimum atomic E-state index is -1.76. The SMILES string of the molecule is CCCCCCCCCCCCCCCC(=O)OC[C@H](CO[C@@H]1O[C@H](CO[C@H]2O[C@H](CO)[C@H](O)[C@@H](O)[C@H]2O)[C@@H](O)[C@H](O)[C@H]1O)OC(=O)CCCCCCCCCCCCCCC. The first kappa shape index (κ1) is 56.6. The van der Waals surface area contributed by atoms with Gasteiger partial charge in [0, 0.05) is 12.8 Å². The molecular formula is C47H88O15. The molecule has 7 N–H and O–H groups in total. The molecule has 0 unspecified atom stereocenters. The number of aliphatic hydroxyl groups is 7. The lowest BCUT2D eigenvalue weighted by atomic mass is 9.98. The van der Waals surface area contributed by atoms with Gasteiger partial charge in [0.25, 0.3) is 0 Å². The third-order valence-electron chi connectivity index (χ3n) is 12.1. The molecular weight excluding hydrogens is 805 g/mol. The maximum atomic E-state index is 13.0. The highest BCUT2D eigenvalue weighted by Gasteiger charge is 2.47. The van der Waals surface area contributed by atoms with Crippen molar-refractivity contribution in [3.8, 4) is 0 Å². The van der Waals surface area contributed by atoms with E-state index in [0.717, 1.165) is 38.5 Å². The third-order valence-corrected chi connectivity index (χ3v) is 12.1. The van der Waals surface area contributed by atoms with Crippen molar-refractivity contribution >= 4 is 11.9 Å². The summed E-state index contributed by atoms with van der Waals surface area (Å²) in [6.45, 7) is 2.60. The van der Waals surface area contributed by atoms with Crippen LogP contribution in [0.2, 0.25) is 0 Å². The minimum Gasteiger partial charge on any atom is -0.462 e. The average Bonchev–Trinajstić information content (AvgIpc) is 3.26. The Kier molecular flexibility index (Phi) is 32.6. The fourth-order valence-electron chi connectivity index (χ4n) is 7.98. The average molecular weight is 893 g/mol. The Morgan fingerprint density at radius 1 is 0.452 bits per heavy atom. The van der Waals surface area contributed by atoms with Gasteiger partial charge in [-0.1, -0.05) is 168 Å². The fraction of sp³-hybridized carbons (Fsp3) is 0.957. The van der Waals surface area contributed by atoms with E-state index in [4.69, 9.17) is 28.4 Å². The standard InChI is InChI=1S/C47H88O15/c1-3-5-7-9-11-13-15-17-19-21-23-25-27-29-38(49)57-32-35(60-39(50)30-28-26-24-22-20-18-16-14-12-10-8-6-4-2)33-58-46-45(56)43(54)41(52)37(62-46)34-59-47-44(55)42(53)40(51)36(31-48)61-47/h35-37,40-48,51-56H,3-34H2,1-2H3/t35-,36-,37-,40+,41-,42-,43+,44-,45-,46-,47+/m1/s1. The highest BCUT2D eigenvalue weighted by atomic mass is 16.7. The first-order valence-corrected chi connectivity index (χ1v) is 24.6. The van der Waals surface area contributed by atoms with E-state index in [1.165, 1.54) is 116 Å². The van der Waals surface area contributed by atoms with Crippen molar-refractivity contribution < 1.29 is 73.8 Å². The predicted octanol–water partition coefficient (Wildman–Crippen LogP) is 6.04. The zero-order valence-electron chi connectivity index (χ0n) is 38.4. The van der Waals surface area contributed by atoms with Crippen LogP contribution in [0.25, 0.3) is 0 Å². The Morgan fingerprint density at radius 3 is 1.26 bits per heavy atom. The van der Waals surface area contributed by atoms with Crippen molar-refractivity contribution in [1.29, 1.82) is 0 Å². The van der Waals surface area contributed by atoms with E-state index in [-0.39, 0.29) is 26.1 Å². The fourth-order valence-corrected chi connectivity index (χ4v) is 7.98. The second kappa shape index (κ2) is 35.7. The number of aliphatic hydroxyl groups excluding tert-OH is 7. The van der Waals surface area contributed by atoms with Crippen molar-refractivity contribution in [2.75, 3.05) is 26.4 Å². The van der Waals surface area contributed by atoms with Gasteiger partial charge in [-0.05, 0) is 12.8 Å². The van der Waals surface area contributed by atoms with Gasteiger partial charge in [-0.25, -0.2) is 0 Å². The first-order chi connectivity index (χ1) is 30.0. The molecule has 0 aliphatic carbocycles. The number of carbonyl (C=O) groups is 2. The monoisotopic (exact) mass is 893 g/mol. The second-order valence-electron chi connectivity index (χ2n) is 17.7. The van der Waals surface area contributed by atoms with Crippen LogP contribution in [0.3, 0.4) is 0 Å². The van der Waals surface area contributed by atoms with Crippen LogP contribution in [0.5, 0.6) is 0 Å².